The highest BCUT2D eigenvalue weighted by molar-refractivity contribution is 5.70. The van der Waals surface area contributed by atoms with Gasteiger partial charge in [0.1, 0.15) is 6.54 Å². The van der Waals surface area contributed by atoms with E-state index in [2.05, 4.69) is 5.32 Å². The lowest BCUT2D eigenvalue weighted by Gasteiger charge is -2.31. The number of hydrogen-bond donors (Lipinski definition) is 4. The van der Waals surface area contributed by atoms with E-state index >= 15 is 0 Å². The van der Waals surface area contributed by atoms with Gasteiger partial charge in [0.2, 0.25) is 0 Å². The molecule has 0 radical (unpaired) electrons. The van der Waals surface area contributed by atoms with Gasteiger partial charge in [-0.15, -0.1) is 0 Å². The molecule has 0 aromatic heterocycles. The van der Waals surface area contributed by atoms with Gasteiger partial charge in [-0.1, -0.05) is 6.08 Å². The molecule has 0 aromatic carbocycles. The minimum absolute atomic E-state index is 0.159. The zero-order chi connectivity index (χ0) is 19.8. The first-order chi connectivity index (χ1) is 12.8. The summed E-state index contributed by atoms with van der Waals surface area (Å²) >= 11 is 0. The van der Waals surface area contributed by atoms with Crippen molar-refractivity contribution in [1.29, 1.82) is 0 Å². The highest BCUT2D eigenvalue weighted by atomic mass is 16.4. The fraction of sp³-hybridized carbons (Fsp3) is 0.471. The molecule has 0 atom stereocenters. The molecule has 0 saturated carbocycles. The molecule has 0 unspecified atom stereocenters. The first-order valence-electron chi connectivity index (χ1n) is 8.52. The molecule has 2 heterocycles. The first kappa shape index (κ1) is 20.5. The molecule has 2 bridgehead atoms. The number of nitrogens with one attached hydrogen (secondary N) is 1. The van der Waals surface area contributed by atoms with Gasteiger partial charge >= 0.3 is 17.9 Å². The maximum absolute atomic E-state index is 11.1. The molecule has 2 aliphatic heterocycles. The minimum atomic E-state index is -0.987. The van der Waals surface area contributed by atoms with Gasteiger partial charge in [0.05, 0.1) is 18.8 Å². The monoisotopic (exact) mass is 380 g/mol. The van der Waals surface area contributed by atoms with Crippen LogP contribution in [0.3, 0.4) is 0 Å². The van der Waals surface area contributed by atoms with E-state index in [0.29, 0.717) is 38.4 Å². The lowest BCUT2D eigenvalue weighted by atomic mass is 10.2. The highest BCUT2D eigenvalue weighted by Gasteiger charge is 2.19. The Morgan fingerprint density at radius 2 is 1.48 bits per heavy atom. The molecule has 0 fully saturated rings. The normalized spacial score (nSPS) is 21.1. The van der Waals surface area contributed by atoms with Gasteiger partial charge in [0.15, 0.2) is 0 Å². The molecule has 0 saturated heterocycles. The standard InChI is InChI=1S/C17H24N4O6/c22-15(23)10-19-4-6-20(11-16(24)25)8-13-2-1-3-14(18-13)9-21(7-5-19)12-17(26)27/h1-3,8,18H,4-7,9-12H2,(H,22,23)(H,24,25)(H,26,27)/b13-8+. The molecule has 0 spiro atoms. The van der Waals surface area contributed by atoms with E-state index in [9.17, 15) is 14.4 Å². The smallest absolute Gasteiger partial charge is 0.323 e. The van der Waals surface area contributed by atoms with Crippen molar-refractivity contribution in [3.63, 3.8) is 0 Å². The molecular formula is C17H24N4O6. The Balaban J connectivity index is 2.23. The Morgan fingerprint density at radius 1 is 0.889 bits per heavy atom. The summed E-state index contributed by atoms with van der Waals surface area (Å²) in [5, 5.41) is 30.5. The van der Waals surface area contributed by atoms with Crippen LogP contribution in [-0.4, -0.2) is 100 Å². The van der Waals surface area contributed by atoms with Crippen LogP contribution >= 0.6 is 0 Å². The minimum Gasteiger partial charge on any atom is -0.480 e. The van der Waals surface area contributed by atoms with Crippen LogP contribution in [0, 0.1) is 0 Å². The van der Waals surface area contributed by atoms with Gasteiger partial charge in [-0.25, -0.2) is 0 Å². The number of aliphatic carboxylic acids is 3. The summed E-state index contributed by atoms with van der Waals surface area (Å²) in [5.74, 6) is -2.92. The van der Waals surface area contributed by atoms with Crippen LogP contribution in [0.1, 0.15) is 0 Å². The van der Waals surface area contributed by atoms with Gasteiger partial charge in [0.25, 0.3) is 0 Å². The molecule has 10 heteroatoms. The predicted molar refractivity (Wildman–Crippen MR) is 95.8 cm³/mol. The van der Waals surface area contributed by atoms with Gasteiger partial charge in [0, 0.05) is 44.6 Å². The first-order valence-corrected chi connectivity index (χ1v) is 8.52. The molecule has 0 aromatic rings. The van der Waals surface area contributed by atoms with E-state index in [4.69, 9.17) is 15.3 Å². The van der Waals surface area contributed by atoms with Crippen molar-refractivity contribution in [2.24, 2.45) is 0 Å². The lowest BCUT2D eigenvalue weighted by Crippen LogP contribution is -2.44. The van der Waals surface area contributed by atoms with Crippen LogP contribution < -0.4 is 5.32 Å². The van der Waals surface area contributed by atoms with Gasteiger partial charge in [-0.05, 0) is 12.2 Å². The number of fused-ring (bicyclic) bond motifs is 2. The van der Waals surface area contributed by atoms with Crippen molar-refractivity contribution in [1.82, 2.24) is 20.0 Å². The van der Waals surface area contributed by atoms with Crippen molar-refractivity contribution in [2.45, 2.75) is 0 Å². The number of carboxylic acid groups (broad SMARTS) is 3. The summed E-state index contributed by atoms with van der Waals surface area (Å²) in [6.45, 7) is 1.21. The van der Waals surface area contributed by atoms with Crippen LogP contribution in [0.4, 0.5) is 0 Å². The van der Waals surface area contributed by atoms with E-state index in [1.165, 1.54) is 0 Å². The average molecular weight is 380 g/mol. The summed E-state index contributed by atoms with van der Waals surface area (Å²) in [4.78, 5) is 38.4. The number of hydrogen-bond acceptors (Lipinski definition) is 7. The lowest BCUT2D eigenvalue weighted by molar-refractivity contribution is -0.140. The third kappa shape index (κ3) is 7.50. The second kappa shape index (κ2) is 9.74. The van der Waals surface area contributed by atoms with E-state index in [1.807, 2.05) is 12.2 Å². The Kier molecular flexibility index (Phi) is 7.38. The van der Waals surface area contributed by atoms with Crippen molar-refractivity contribution in [3.05, 3.63) is 35.8 Å². The third-order valence-corrected chi connectivity index (χ3v) is 4.09. The van der Waals surface area contributed by atoms with Gasteiger partial charge in [-0.2, -0.15) is 0 Å². The van der Waals surface area contributed by atoms with Crippen LogP contribution in [0.2, 0.25) is 0 Å². The fourth-order valence-electron chi connectivity index (χ4n) is 2.92. The summed E-state index contributed by atoms with van der Waals surface area (Å²) in [6, 6.07) is 0. The summed E-state index contributed by atoms with van der Waals surface area (Å²) in [5.41, 5.74) is 1.47. The quantitative estimate of drug-likeness (QED) is 0.457. The Morgan fingerprint density at radius 3 is 2.15 bits per heavy atom. The number of nitrogens with zero attached hydrogens (tertiary/aromatic N) is 3. The SMILES string of the molecule is O=C(O)CN1/C=C2\C=CC=C(CN(CC(=O)O)CCN(CC(=O)O)CC1)N2. The van der Waals surface area contributed by atoms with Crippen LogP contribution in [0.25, 0.3) is 0 Å². The molecular weight excluding hydrogens is 356 g/mol. The summed E-state index contributed by atoms with van der Waals surface area (Å²) in [7, 11) is 0. The maximum Gasteiger partial charge on any atom is 0.323 e. The average Bonchev–Trinajstić information content (AvgIpc) is 2.55. The largest absolute Gasteiger partial charge is 0.480 e. The van der Waals surface area contributed by atoms with Crippen LogP contribution in [-0.2, 0) is 14.4 Å². The molecule has 148 valence electrons. The van der Waals surface area contributed by atoms with E-state index in [0.717, 1.165) is 5.70 Å². The maximum atomic E-state index is 11.1. The molecule has 0 aliphatic carbocycles. The number of carbonyl (C=O) groups is 3. The van der Waals surface area contributed by atoms with Crippen molar-refractivity contribution in [2.75, 3.05) is 52.4 Å². The number of allylic oxidation sites excluding steroid dienone is 3. The Hall–Kier alpha value is -2.85. The number of carboxylic acids is 3. The van der Waals surface area contributed by atoms with Gasteiger partial charge < -0.3 is 25.5 Å². The molecule has 2 aliphatic rings. The zero-order valence-electron chi connectivity index (χ0n) is 14.9. The predicted octanol–water partition coefficient (Wildman–Crippen LogP) is -0.955. The fourth-order valence-corrected chi connectivity index (χ4v) is 2.92. The van der Waals surface area contributed by atoms with Crippen molar-refractivity contribution < 1.29 is 29.7 Å². The Bertz CT molecular complexity index is 672. The summed E-state index contributed by atoms with van der Waals surface area (Å²) < 4.78 is 0. The molecule has 4 N–H and O–H groups in total. The molecule has 10 nitrogen and oxygen atoms in total. The molecule has 2 rings (SSSR count). The van der Waals surface area contributed by atoms with E-state index in [1.54, 1.807) is 27.0 Å². The number of dihydropyridines is 1. The third-order valence-electron chi connectivity index (χ3n) is 4.09. The van der Waals surface area contributed by atoms with E-state index < -0.39 is 17.9 Å². The number of rotatable bonds is 6. The highest BCUT2D eigenvalue weighted by Crippen LogP contribution is 2.10. The van der Waals surface area contributed by atoms with Gasteiger partial charge in [-0.3, -0.25) is 24.2 Å². The van der Waals surface area contributed by atoms with E-state index in [-0.39, 0.29) is 19.6 Å². The molecule has 27 heavy (non-hydrogen) atoms. The van der Waals surface area contributed by atoms with Crippen molar-refractivity contribution >= 4 is 17.9 Å². The van der Waals surface area contributed by atoms with Crippen LogP contribution in [0.5, 0.6) is 0 Å². The zero-order valence-corrected chi connectivity index (χ0v) is 14.9. The topological polar surface area (TPSA) is 134 Å². The second-order valence-corrected chi connectivity index (χ2v) is 6.40. The van der Waals surface area contributed by atoms with Crippen LogP contribution in [0.15, 0.2) is 35.8 Å². The second-order valence-electron chi connectivity index (χ2n) is 6.40. The molecule has 0 amide bonds. The Labute approximate surface area is 156 Å². The van der Waals surface area contributed by atoms with Crippen molar-refractivity contribution in [3.8, 4) is 0 Å². The summed E-state index contributed by atoms with van der Waals surface area (Å²) in [6.07, 6.45) is 7.12.